The minimum absolute atomic E-state index is 0.0208. The van der Waals surface area contributed by atoms with Crippen molar-refractivity contribution in [3.63, 3.8) is 0 Å². The van der Waals surface area contributed by atoms with Gasteiger partial charge in [-0.2, -0.15) is 0 Å². The van der Waals surface area contributed by atoms with Crippen molar-refractivity contribution in [3.05, 3.63) is 286 Å². The smallest absolute Gasteiger partial charge is 0.337 e. The number of aromatic nitrogens is 12. The van der Waals surface area contributed by atoms with E-state index in [0.717, 1.165) is 226 Å². The number of esters is 1. The molecule has 119 heavy (non-hydrogen) atoms. The monoisotopic (exact) mass is 1600 g/mol. The number of amides is 2. The molecule has 2 amide bonds. The van der Waals surface area contributed by atoms with Crippen LogP contribution in [0.3, 0.4) is 0 Å². The fourth-order valence-electron chi connectivity index (χ4n) is 18.7. The van der Waals surface area contributed by atoms with E-state index in [1.165, 1.54) is 42.5 Å². The Kier molecular flexibility index (Phi) is 22.6. The zero-order chi connectivity index (χ0) is 82.1. The van der Waals surface area contributed by atoms with Crippen LogP contribution in [0.2, 0.25) is 0 Å². The summed E-state index contributed by atoms with van der Waals surface area (Å²) >= 11 is 0. The molecule has 20 rings (SSSR count). The number of rotatable bonds is 11. The van der Waals surface area contributed by atoms with Crippen LogP contribution < -0.4 is 5.32 Å². The normalized spacial score (nSPS) is 19.4. The molecule has 4 aliphatic carbocycles. The summed E-state index contributed by atoms with van der Waals surface area (Å²) in [5.41, 5.74) is 15.8. The lowest BCUT2D eigenvalue weighted by Gasteiger charge is -2.29. The van der Waals surface area contributed by atoms with Crippen molar-refractivity contribution in [1.29, 1.82) is 0 Å². The Balaban J connectivity index is 0.000000114. The number of aromatic amines is 4. The van der Waals surface area contributed by atoms with Gasteiger partial charge in [0.2, 0.25) is 0 Å². The minimum atomic E-state index is -0.891. The molecule has 0 bridgehead atoms. The molecule has 8 unspecified atom stereocenters. The number of carbonyl (C=O) groups is 3. The van der Waals surface area contributed by atoms with Crippen LogP contribution in [-0.2, 0) is 4.74 Å². The van der Waals surface area contributed by atoms with Crippen molar-refractivity contribution in [1.82, 2.24) is 70.0 Å². The molecule has 16 aromatic rings. The van der Waals surface area contributed by atoms with E-state index in [1.54, 1.807) is 99.0 Å². The summed E-state index contributed by atoms with van der Waals surface area (Å²) in [7, 11) is 6.51. The average Bonchev–Trinajstić information content (AvgIpc) is 0.888. The molecule has 24 heteroatoms. The fourth-order valence-corrected chi connectivity index (χ4v) is 18.7. The van der Waals surface area contributed by atoms with Crippen LogP contribution in [0.1, 0.15) is 227 Å². The number of ether oxygens (including phenoxy) is 1. The first-order chi connectivity index (χ1) is 57.8. The van der Waals surface area contributed by atoms with Gasteiger partial charge in [-0.05, 0) is 275 Å². The summed E-state index contributed by atoms with van der Waals surface area (Å²) in [6.45, 7) is 0. The average molecular weight is 1600 g/mol. The van der Waals surface area contributed by atoms with Crippen molar-refractivity contribution in [2.24, 2.45) is 0 Å². The molecular formula is C95H88F6N14O4. The van der Waals surface area contributed by atoms with Crippen molar-refractivity contribution >= 4 is 106 Å². The van der Waals surface area contributed by atoms with Crippen molar-refractivity contribution < 1.29 is 45.5 Å². The number of hydrogen-bond acceptors (Lipinski definition) is 12. The Hall–Kier alpha value is -12.7. The maximum Gasteiger partial charge on any atom is 0.337 e. The molecule has 8 aromatic heterocycles. The number of fused-ring (bicyclic) bond motifs is 8. The molecule has 0 radical (unpaired) electrons. The van der Waals surface area contributed by atoms with Crippen LogP contribution in [-0.4, -0.2) is 111 Å². The minimum Gasteiger partial charge on any atom is -0.465 e. The van der Waals surface area contributed by atoms with Gasteiger partial charge >= 0.3 is 5.97 Å². The lowest BCUT2D eigenvalue weighted by molar-refractivity contribution is 0.0600. The van der Waals surface area contributed by atoms with Crippen molar-refractivity contribution in [2.75, 3.05) is 28.3 Å². The predicted octanol–water partition coefficient (Wildman–Crippen LogP) is 21.9. The number of halogens is 6. The Morgan fingerprint density at radius 2 is 0.647 bits per heavy atom. The van der Waals surface area contributed by atoms with Gasteiger partial charge < -0.3 is 34.9 Å². The first-order valence-corrected chi connectivity index (χ1v) is 40.8. The first-order valence-electron chi connectivity index (χ1n) is 40.8. The second kappa shape index (κ2) is 34.1. The Bertz CT molecular complexity index is 6290. The molecule has 0 aliphatic heterocycles. The molecule has 8 heterocycles. The molecule has 8 aromatic carbocycles. The van der Waals surface area contributed by atoms with Gasteiger partial charge in [0.1, 0.15) is 46.6 Å². The van der Waals surface area contributed by atoms with Crippen LogP contribution in [0.15, 0.2) is 189 Å². The summed E-state index contributed by atoms with van der Waals surface area (Å²) in [6, 6.07) is 46.0. The molecule has 4 aliphatic rings. The predicted molar refractivity (Wildman–Crippen MR) is 450 cm³/mol. The SMILES string of the molecule is CN(C)C(=O)c1ccc2nc(C3CCCC(c4ccnc5ccc(F)cc45)C3)[nH]c2c1.CNC(=O)c1ccc2nc(C3CCCC(c4ccnc5ccc(F)cc45)C3)[nH]c2c1.COC(=O)c1ccc2nc(C3CCCC(c4ccnc5ccc(F)cc45)C3)[nH]c2c1.Fc1ccc2nccc(C3CCCC(c4nc5cc(F)c(F)cc5[nH]4)C3)c2c1. The zero-order valence-corrected chi connectivity index (χ0v) is 66.3. The summed E-state index contributed by atoms with van der Waals surface area (Å²) in [4.78, 5) is 87.5. The fraction of sp³-hybridized carbons (Fsp3) is 0.295. The number of carbonyl (C=O) groups excluding carboxylic acids is 3. The molecular weight excluding hydrogens is 1520 g/mol. The highest BCUT2D eigenvalue weighted by atomic mass is 19.2. The highest BCUT2D eigenvalue weighted by Gasteiger charge is 2.33. The molecule has 5 N–H and O–H groups in total. The third-order valence-electron chi connectivity index (χ3n) is 24.6. The van der Waals surface area contributed by atoms with Crippen LogP contribution in [0.25, 0.3) is 87.7 Å². The molecule has 18 nitrogen and oxygen atoms in total. The van der Waals surface area contributed by atoms with E-state index in [4.69, 9.17) is 19.7 Å². The van der Waals surface area contributed by atoms with Crippen LogP contribution in [0, 0.1) is 34.9 Å². The number of hydrogen-bond donors (Lipinski definition) is 5. The van der Waals surface area contributed by atoms with E-state index in [2.05, 4.69) is 50.2 Å². The number of methoxy groups -OCH3 is 1. The van der Waals surface area contributed by atoms with Crippen molar-refractivity contribution in [2.45, 2.75) is 150 Å². The largest absolute Gasteiger partial charge is 0.465 e. The van der Waals surface area contributed by atoms with E-state index in [0.29, 0.717) is 57.3 Å². The highest BCUT2D eigenvalue weighted by Crippen LogP contribution is 2.48. The van der Waals surface area contributed by atoms with Gasteiger partial charge in [-0.25, -0.2) is 51.1 Å². The number of nitrogens with one attached hydrogen (secondary N) is 5. The Morgan fingerprint density at radius 1 is 0.353 bits per heavy atom. The molecule has 8 atom stereocenters. The lowest BCUT2D eigenvalue weighted by Crippen LogP contribution is -2.21. The molecule has 4 saturated carbocycles. The quantitative estimate of drug-likeness (QED) is 0.0600. The number of nitrogens with zero attached hydrogens (tertiary/aromatic N) is 9. The summed E-state index contributed by atoms with van der Waals surface area (Å²) in [5, 5.41) is 6.21. The molecule has 4 fully saturated rings. The van der Waals surface area contributed by atoms with Gasteiger partial charge in [0.25, 0.3) is 11.8 Å². The summed E-state index contributed by atoms with van der Waals surface area (Å²) < 4.78 is 87.3. The van der Waals surface area contributed by atoms with Crippen LogP contribution in [0.5, 0.6) is 0 Å². The zero-order valence-electron chi connectivity index (χ0n) is 66.3. The van der Waals surface area contributed by atoms with Crippen molar-refractivity contribution in [3.8, 4) is 0 Å². The van der Waals surface area contributed by atoms with Gasteiger partial charge in [0.05, 0.1) is 78.9 Å². The number of pyridine rings is 4. The topological polar surface area (TPSA) is 242 Å². The molecule has 0 spiro atoms. The van der Waals surface area contributed by atoms with E-state index in [9.17, 15) is 40.7 Å². The van der Waals surface area contributed by atoms with Gasteiger partial charge in [-0.15, -0.1) is 0 Å². The van der Waals surface area contributed by atoms with Gasteiger partial charge in [0, 0.05) is 114 Å². The second-order valence-corrected chi connectivity index (χ2v) is 32.2. The maximum absolute atomic E-state index is 13.9. The van der Waals surface area contributed by atoms with E-state index >= 15 is 0 Å². The Morgan fingerprint density at radius 3 is 0.992 bits per heavy atom. The van der Waals surface area contributed by atoms with Crippen LogP contribution in [0.4, 0.5) is 26.3 Å². The third kappa shape index (κ3) is 16.8. The van der Waals surface area contributed by atoms with E-state index in [1.807, 2.05) is 79.3 Å². The number of imidazole rings is 4. The summed E-state index contributed by atoms with van der Waals surface area (Å²) in [5.74, 6) is 2.74. The first kappa shape index (κ1) is 78.8. The van der Waals surface area contributed by atoms with E-state index in [-0.39, 0.29) is 58.8 Å². The molecule has 0 saturated heterocycles. The maximum atomic E-state index is 13.9. The second-order valence-electron chi connectivity index (χ2n) is 32.2. The highest BCUT2D eigenvalue weighted by molar-refractivity contribution is 5.98. The van der Waals surface area contributed by atoms with Crippen LogP contribution >= 0.6 is 0 Å². The third-order valence-corrected chi connectivity index (χ3v) is 24.6. The molecule has 604 valence electrons. The number of H-pyrrole nitrogens is 4. The summed E-state index contributed by atoms with van der Waals surface area (Å²) in [6.07, 6.45) is 23.6. The Labute approximate surface area is 681 Å². The van der Waals surface area contributed by atoms with Gasteiger partial charge in [-0.1, -0.05) is 25.7 Å². The van der Waals surface area contributed by atoms with E-state index < -0.39 is 11.6 Å². The lowest BCUT2D eigenvalue weighted by atomic mass is 9.77. The number of benzene rings is 8. The van der Waals surface area contributed by atoms with Gasteiger partial charge in [0.15, 0.2) is 11.6 Å². The van der Waals surface area contributed by atoms with Gasteiger partial charge in [-0.3, -0.25) is 29.5 Å². The standard InChI is InChI=1S/C25H25FN4O.C24H23FN4O.C24H22FN3O2.C22H18F3N3/c1-30(2)25(31)17-6-8-22-23(13-17)29-24(28-22)16-5-3-4-15(12-16)19-10-11-27-21-9-7-18(26)14-20(19)21;1-26-24(30)16-5-7-21-22(12-16)29-23(28-21)15-4-2-3-14(11-15)18-9-10-27-20-8-6-17(25)13-19(18)20;1-30-24(29)16-5-7-21-22(12-16)28-23(27-21)15-4-2-3-14(11-15)18-9-10-26-20-8-6-17(25)13-19(18)20;23-14-4-5-19-16(9-14)15(6-7-26-19)12-2-1-3-13(8-12)22-27-20-10-17(24)18(25)11-21(20)28-22/h6-11,13-16H,3-5,12H2,1-2H3,(H,28,29);5-10,12-15H,2-4,11H2,1H3,(H,26,30)(H,28,29);5-10,12-15H,2-4,11H2,1H3,(H,27,28);4-7,9-13H,1-3,8H2,(H,27,28).